The van der Waals surface area contributed by atoms with Crippen LogP contribution >= 0.6 is 11.6 Å². The number of benzene rings is 3. The molecule has 0 aliphatic rings. The lowest BCUT2D eigenvalue weighted by Gasteiger charge is -2.19. The fraction of sp³-hybridized carbons (Fsp3) is 0.303. The van der Waals surface area contributed by atoms with Gasteiger partial charge in [-0.05, 0) is 92.9 Å². The van der Waals surface area contributed by atoms with Crippen LogP contribution in [0.25, 0.3) is 11.3 Å². The fourth-order valence-electron chi connectivity index (χ4n) is 4.25. The average Bonchev–Trinajstić information content (AvgIpc) is 3.30. The summed E-state index contributed by atoms with van der Waals surface area (Å²) in [5, 5.41) is 0.673. The third-order valence-corrected chi connectivity index (χ3v) is 6.37. The molecule has 220 valence electrons. The molecule has 0 saturated heterocycles. The number of carbonyl (C=O) groups excluding carboxylic acids is 2. The van der Waals surface area contributed by atoms with E-state index >= 15 is 0 Å². The zero-order valence-corrected chi connectivity index (χ0v) is 25.1. The van der Waals surface area contributed by atoms with Crippen molar-refractivity contribution in [3.05, 3.63) is 106 Å². The SMILES string of the molecule is COC(=O)c1ccc(COc2ccc(-c3nc(Cc4cccc(Cl)c4)oc3C)cc2)c(COCC(=O)OC(C)(C)C)c1. The monoisotopic (exact) mass is 591 g/mol. The van der Waals surface area contributed by atoms with Gasteiger partial charge in [-0.25, -0.2) is 14.6 Å². The Morgan fingerprint density at radius 2 is 1.71 bits per heavy atom. The molecule has 0 radical (unpaired) electrons. The van der Waals surface area contributed by atoms with Gasteiger partial charge in [0.1, 0.15) is 36.0 Å². The van der Waals surface area contributed by atoms with Gasteiger partial charge in [-0.15, -0.1) is 0 Å². The number of hydrogen-bond donors (Lipinski definition) is 0. The zero-order chi connectivity index (χ0) is 30.3. The van der Waals surface area contributed by atoms with Crippen molar-refractivity contribution in [3.8, 4) is 17.0 Å². The lowest BCUT2D eigenvalue weighted by atomic mass is 10.0. The summed E-state index contributed by atoms with van der Waals surface area (Å²) in [6.07, 6.45) is 0.543. The van der Waals surface area contributed by atoms with E-state index in [2.05, 4.69) is 0 Å². The van der Waals surface area contributed by atoms with Crippen LogP contribution in [0.3, 0.4) is 0 Å². The van der Waals surface area contributed by atoms with Crippen molar-refractivity contribution in [2.75, 3.05) is 13.7 Å². The number of aromatic nitrogens is 1. The molecule has 0 bridgehead atoms. The highest BCUT2D eigenvalue weighted by Gasteiger charge is 2.17. The van der Waals surface area contributed by atoms with Gasteiger partial charge in [0, 0.05) is 17.0 Å². The van der Waals surface area contributed by atoms with Crippen molar-refractivity contribution in [1.82, 2.24) is 4.98 Å². The first-order chi connectivity index (χ1) is 20.0. The van der Waals surface area contributed by atoms with Crippen molar-refractivity contribution >= 4 is 23.5 Å². The molecule has 1 heterocycles. The van der Waals surface area contributed by atoms with E-state index in [9.17, 15) is 9.59 Å². The van der Waals surface area contributed by atoms with Gasteiger partial charge in [-0.2, -0.15) is 0 Å². The molecule has 0 atom stereocenters. The van der Waals surface area contributed by atoms with Crippen LogP contribution in [0.15, 0.2) is 71.1 Å². The van der Waals surface area contributed by atoms with Crippen LogP contribution in [0.4, 0.5) is 0 Å². The Morgan fingerprint density at radius 3 is 2.40 bits per heavy atom. The summed E-state index contributed by atoms with van der Waals surface area (Å²) in [7, 11) is 1.32. The number of rotatable bonds is 11. The van der Waals surface area contributed by atoms with E-state index in [0.29, 0.717) is 34.2 Å². The van der Waals surface area contributed by atoms with Gasteiger partial charge in [0.05, 0.1) is 19.3 Å². The van der Waals surface area contributed by atoms with Crippen molar-refractivity contribution in [2.24, 2.45) is 0 Å². The quantitative estimate of drug-likeness (QED) is 0.170. The molecule has 0 aliphatic carbocycles. The molecule has 0 aliphatic heterocycles. The Morgan fingerprint density at radius 1 is 0.952 bits per heavy atom. The van der Waals surface area contributed by atoms with Crippen molar-refractivity contribution in [3.63, 3.8) is 0 Å². The lowest BCUT2D eigenvalue weighted by molar-refractivity contribution is -0.160. The number of ether oxygens (including phenoxy) is 4. The summed E-state index contributed by atoms with van der Waals surface area (Å²) in [6, 6.07) is 20.3. The van der Waals surface area contributed by atoms with E-state index in [1.165, 1.54) is 7.11 Å². The molecular weight excluding hydrogens is 558 g/mol. The number of halogens is 1. The maximum atomic E-state index is 12.1. The first-order valence-corrected chi connectivity index (χ1v) is 13.8. The molecule has 4 rings (SSSR count). The molecule has 9 heteroatoms. The Balaban J connectivity index is 1.42. The lowest BCUT2D eigenvalue weighted by Crippen LogP contribution is -2.26. The number of carbonyl (C=O) groups is 2. The van der Waals surface area contributed by atoms with Crippen molar-refractivity contribution in [1.29, 1.82) is 0 Å². The molecule has 0 unspecified atom stereocenters. The summed E-state index contributed by atoms with van der Waals surface area (Å²) in [4.78, 5) is 28.8. The second kappa shape index (κ2) is 13.7. The molecule has 4 aromatic rings. The fourth-order valence-corrected chi connectivity index (χ4v) is 4.46. The van der Waals surface area contributed by atoms with E-state index in [1.807, 2.05) is 55.5 Å². The van der Waals surface area contributed by atoms with Crippen LogP contribution in [-0.2, 0) is 38.6 Å². The third-order valence-electron chi connectivity index (χ3n) is 6.13. The van der Waals surface area contributed by atoms with E-state index in [1.54, 1.807) is 39.0 Å². The summed E-state index contributed by atoms with van der Waals surface area (Å²) in [6.45, 7) is 7.35. The number of methoxy groups -OCH3 is 1. The van der Waals surface area contributed by atoms with Gasteiger partial charge in [0.25, 0.3) is 0 Å². The van der Waals surface area contributed by atoms with Gasteiger partial charge in [-0.3, -0.25) is 0 Å². The minimum absolute atomic E-state index is 0.0880. The highest BCUT2D eigenvalue weighted by Crippen LogP contribution is 2.27. The van der Waals surface area contributed by atoms with E-state index in [-0.39, 0.29) is 19.8 Å². The topological polar surface area (TPSA) is 97.1 Å². The second-order valence-electron chi connectivity index (χ2n) is 10.7. The van der Waals surface area contributed by atoms with Gasteiger partial charge in [0.15, 0.2) is 5.89 Å². The van der Waals surface area contributed by atoms with Crippen LogP contribution in [0.2, 0.25) is 5.02 Å². The summed E-state index contributed by atoms with van der Waals surface area (Å²) in [5.74, 6) is 1.05. The van der Waals surface area contributed by atoms with Crippen LogP contribution in [0.1, 0.15) is 59.5 Å². The number of esters is 2. The molecule has 0 N–H and O–H groups in total. The molecule has 0 amide bonds. The maximum Gasteiger partial charge on any atom is 0.337 e. The van der Waals surface area contributed by atoms with Gasteiger partial charge < -0.3 is 23.4 Å². The molecule has 0 saturated carbocycles. The van der Waals surface area contributed by atoms with Gasteiger partial charge in [0.2, 0.25) is 0 Å². The van der Waals surface area contributed by atoms with Crippen LogP contribution in [-0.4, -0.2) is 36.2 Å². The van der Waals surface area contributed by atoms with E-state index in [0.717, 1.165) is 28.1 Å². The number of aryl methyl sites for hydroxylation is 1. The molecule has 8 nitrogen and oxygen atoms in total. The maximum absolute atomic E-state index is 12.1. The number of oxazole rings is 1. The first-order valence-electron chi connectivity index (χ1n) is 13.4. The molecule has 0 spiro atoms. The highest BCUT2D eigenvalue weighted by atomic mass is 35.5. The second-order valence-corrected chi connectivity index (χ2v) is 11.1. The van der Waals surface area contributed by atoms with E-state index in [4.69, 9.17) is 39.9 Å². The van der Waals surface area contributed by atoms with Crippen molar-refractivity contribution in [2.45, 2.75) is 52.9 Å². The molecule has 1 aromatic heterocycles. The highest BCUT2D eigenvalue weighted by molar-refractivity contribution is 6.30. The number of hydrogen-bond acceptors (Lipinski definition) is 8. The van der Waals surface area contributed by atoms with Crippen LogP contribution < -0.4 is 4.74 Å². The average molecular weight is 592 g/mol. The minimum atomic E-state index is -0.606. The molecule has 0 fully saturated rings. The number of nitrogens with zero attached hydrogens (tertiary/aromatic N) is 1. The zero-order valence-electron chi connectivity index (χ0n) is 24.4. The van der Waals surface area contributed by atoms with Gasteiger partial charge >= 0.3 is 11.9 Å². The predicted octanol–water partition coefficient (Wildman–Crippen LogP) is 7.12. The molecule has 3 aromatic carbocycles. The van der Waals surface area contributed by atoms with Crippen molar-refractivity contribution < 1.29 is 33.0 Å². The van der Waals surface area contributed by atoms with E-state index < -0.39 is 17.5 Å². The largest absolute Gasteiger partial charge is 0.489 e. The Bertz CT molecular complexity index is 1540. The van der Waals surface area contributed by atoms with Gasteiger partial charge in [-0.1, -0.05) is 29.8 Å². The Kier molecular flexibility index (Phi) is 10.0. The predicted molar refractivity (Wildman–Crippen MR) is 159 cm³/mol. The summed E-state index contributed by atoms with van der Waals surface area (Å²) >= 11 is 6.11. The third kappa shape index (κ3) is 8.68. The smallest absolute Gasteiger partial charge is 0.337 e. The molecule has 42 heavy (non-hydrogen) atoms. The normalized spacial score (nSPS) is 11.3. The summed E-state index contributed by atoms with van der Waals surface area (Å²) in [5.41, 5.74) is 3.96. The Labute approximate surface area is 250 Å². The minimum Gasteiger partial charge on any atom is -0.489 e. The van der Waals surface area contributed by atoms with Crippen LogP contribution in [0, 0.1) is 6.92 Å². The van der Waals surface area contributed by atoms with Crippen LogP contribution in [0.5, 0.6) is 5.75 Å². The summed E-state index contributed by atoms with van der Waals surface area (Å²) < 4.78 is 27.7. The standard InChI is InChI=1S/C33H34ClNO7/c1-21-31(35-29(41-21)16-22-7-6-8-27(34)15-22)23-11-13-28(14-12-23)40-19-25-10-9-24(32(37)38-5)17-26(25)18-39-20-30(36)42-33(2,3)4/h6-15,17H,16,18-20H2,1-5H3. The Hall–Kier alpha value is -4.14. The molecular formula is C33H34ClNO7. The first kappa shape index (κ1) is 30.8.